The van der Waals surface area contributed by atoms with Crippen LogP contribution in [-0.2, 0) is 6.61 Å². The summed E-state index contributed by atoms with van der Waals surface area (Å²) in [6.07, 6.45) is 1.69. The van der Waals surface area contributed by atoms with Gasteiger partial charge in [-0.25, -0.2) is 0 Å². The lowest BCUT2D eigenvalue weighted by atomic mass is 10.1. The molecular formula is C12H10ClNO. The van der Waals surface area contributed by atoms with Gasteiger partial charge in [0.05, 0.1) is 12.3 Å². The first-order valence-electron chi connectivity index (χ1n) is 4.61. The van der Waals surface area contributed by atoms with Gasteiger partial charge in [0, 0.05) is 16.8 Å². The zero-order chi connectivity index (χ0) is 10.7. The van der Waals surface area contributed by atoms with Crippen molar-refractivity contribution in [3.05, 3.63) is 53.2 Å². The number of pyridine rings is 1. The van der Waals surface area contributed by atoms with E-state index in [1.165, 1.54) is 0 Å². The minimum atomic E-state index is 0.0309. The van der Waals surface area contributed by atoms with E-state index in [0.29, 0.717) is 5.02 Å². The normalized spacial score (nSPS) is 10.3. The second kappa shape index (κ2) is 4.43. The Hall–Kier alpha value is -1.38. The lowest BCUT2D eigenvalue weighted by molar-refractivity contribution is 0.282. The molecule has 0 spiro atoms. The molecule has 2 nitrogen and oxygen atoms in total. The number of benzene rings is 1. The molecule has 0 aliphatic carbocycles. The van der Waals surface area contributed by atoms with Gasteiger partial charge in [-0.3, -0.25) is 4.98 Å². The van der Waals surface area contributed by atoms with E-state index in [1.54, 1.807) is 12.3 Å². The van der Waals surface area contributed by atoms with Crippen LogP contribution in [0.2, 0.25) is 5.02 Å². The summed E-state index contributed by atoms with van der Waals surface area (Å²) >= 11 is 5.80. The highest BCUT2D eigenvalue weighted by molar-refractivity contribution is 6.30. The van der Waals surface area contributed by atoms with Gasteiger partial charge in [-0.15, -0.1) is 0 Å². The van der Waals surface area contributed by atoms with E-state index in [2.05, 4.69) is 4.98 Å². The van der Waals surface area contributed by atoms with Gasteiger partial charge in [0.2, 0.25) is 0 Å². The molecule has 0 unspecified atom stereocenters. The third kappa shape index (κ3) is 2.35. The number of aliphatic hydroxyl groups is 1. The van der Waals surface area contributed by atoms with Gasteiger partial charge in [-0.2, -0.15) is 0 Å². The Labute approximate surface area is 93.2 Å². The van der Waals surface area contributed by atoms with E-state index in [4.69, 9.17) is 16.7 Å². The Morgan fingerprint density at radius 3 is 2.53 bits per heavy atom. The monoisotopic (exact) mass is 219 g/mol. The van der Waals surface area contributed by atoms with Gasteiger partial charge in [0.25, 0.3) is 0 Å². The van der Waals surface area contributed by atoms with Crippen LogP contribution in [0.1, 0.15) is 5.56 Å². The van der Waals surface area contributed by atoms with Crippen molar-refractivity contribution in [3.63, 3.8) is 0 Å². The highest BCUT2D eigenvalue weighted by atomic mass is 35.5. The summed E-state index contributed by atoms with van der Waals surface area (Å²) in [6, 6.07) is 11.1. The van der Waals surface area contributed by atoms with Crippen molar-refractivity contribution in [1.82, 2.24) is 4.98 Å². The van der Waals surface area contributed by atoms with Gasteiger partial charge in [0.15, 0.2) is 0 Å². The Balaban J connectivity index is 2.40. The predicted octanol–water partition coefficient (Wildman–Crippen LogP) is 2.89. The molecule has 0 bridgehead atoms. The number of hydrogen-bond donors (Lipinski definition) is 1. The molecule has 0 saturated heterocycles. The van der Waals surface area contributed by atoms with Crippen LogP contribution in [0, 0.1) is 0 Å². The van der Waals surface area contributed by atoms with Gasteiger partial charge >= 0.3 is 0 Å². The number of aromatic nitrogens is 1. The maximum atomic E-state index is 9.00. The molecule has 2 aromatic rings. The summed E-state index contributed by atoms with van der Waals surface area (Å²) in [4.78, 5) is 4.23. The lowest BCUT2D eigenvalue weighted by Crippen LogP contribution is -1.87. The molecule has 1 aromatic heterocycles. The molecule has 1 N–H and O–H groups in total. The van der Waals surface area contributed by atoms with E-state index in [1.807, 2.05) is 30.3 Å². The second-order valence-electron chi connectivity index (χ2n) is 3.21. The standard InChI is InChI=1S/C12H10ClNO/c13-11-3-1-10(2-4-11)12-7-9(8-15)5-6-14-12/h1-7,15H,8H2. The number of nitrogens with zero attached hydrogens (tertiary/aromatic N) is 1. The van der Waals surface area contributed by atoms with Crippen LogP contribution >= 0.6 is 11.6 Å². The highest BCUT2D eigenvalue weighted by Crippen LogP contribution is 2.20. The van der Waals surface area contributed by atoms with Crippen LogP contribution in [0.4, 0.5) is 0 Å². The zero-order valence-electron chi connectivity index (χ0n) is 8.02. The van der Waals surface area contributed by atoms with Crippen molar-refractivity contribution in [2.75, 3.05) is 0 Å². The number of aliphatic hydroxyl groups excluding tert-OH is 1. The van der Waals surface area contributed by atoms with Crippen LogP contribution in [-0.4, -0.2) is 10.1 Å². The molecule has 0 radical (unpaired) electrons. The second-order valence-corrected chi connectivity index (χ2v) is 3.65. The first kappa shape index (κ1) is 10.1. The van der Waals surface area contributed by atoms with E-state index in [-0.39, 0.29) is 6.61 Å². The molecule has 3 heteroatoms. The molecule has 0 amide bonds. The molecule has 0 aliphatic rings. The summed E-state index contributed by atoms with van der Waals surface area (Å²) < 4.78 is 0. The highest BCUT2D eigenvalue weighted by Gasteiger charge is 1.99. The first-order chi connectivity index (χ1) is 7.29. The molecule has 76 valence electrons. The number of hydrogen-bond acceptors (Lipinski definition) is 2. The minimum Gasteiger partial charge on any atom is -0.392 e. The predicted molar refractivity (Wildman–Crippen MR) is 60.6 cm³/mol. The molecule has 0 saturated carbocycles. The van der Waals surface area contributed by atoms with Crippen LogP contribution in [0.3, 0.4) is 0 Å². The Kier molecular flexibility index (Phi) is 2.99. The molecule has 0 aliphatic heterocycles. The largest absolute Gasteiger partial charge is 0.392 e. The Bertz CT molecular complexity index is 453. The maximum Gasteiger partial charge on any atom is 0.0705 e. The van der Waals surface area contributed by atoms with E-state index >= 15 is 0 Å². The van der Waals surface area contributed by atoms with Crippen LogP contribution in [0.5, 0.6) is 0 Å². The topological polar surface area (TPSA) is 33.1 Å². The molecule has 0 atom stereocenters. The van der Waals surface area contributed by atoms with Crippen molar-refractivity contribution >= 4 is 11.6 Å². The van der Waals surface area contributed by atoms with Crippen molar-refractivity contribution < 1.29 is 5.11 Å². The molecule has 1 aromatic carbocycles. The quantitative estimate of drug-likeness (QED) is 0.843. The minimum absolute atomic E-state index is 0.0309. The van der Waals surface area contributed by atoms with E-state index in [0.717, 1.165) is 16.8 Å². The summed E-state index contributed by atoms with van der Waals surface area (Å²) in [5.74, 6) is 0. The van der Waals surface area contributed by atoms with Crippen molar-refractivity contribution in [2.45, 2.75) is 6.61 Å². The molecule has 15 heavy (non-hydrogen) atoms. The van der Waals surface area contributed by atoms with Crippen molar-refractivity contribution in [1.29, 1.82) is 0 Å². The van der Waals surface area contributed by atoms with Gasteiger partial charge in [-0.05, 0) is 29.8 Å². The summed E-state index contributed by atoms with van der Waals surface area (Å²) in [6.45, 7) is 0.0309. The van der Waals surface area contributed by atoms with E-state index < -0.39 is 0 Å². The maximum absolute atomic E-state index is 9.00. The van der Waals surface area contributed by atoms with Gasteiger partial charge in [0.1, 0.15) is 0 Å². The third-order valence-electron chi connectivity index (χ3n) is 2.15. The summed E-state index contributed by atoms with van der Waals surface area (Å²) in [5.41, 5.74) is 2.70. The molecule has 0 fully saturated rings. The Morgan fingerprint density at radius 1 is 1.13 bits per heavy atom. The third-order valence-corrected chi connectivity index (χ3v) is 2.40. The fourth-order valence-corrected chi connectivity index (χ4v) is 1.48. The number of halogens is 1. The van der Waals surface area contributed by atoms with Crippen molar-refractivity contribution in [2.24, 2.45) is 0 Å². The molecule has 2 rings (SSSR count). The fourth-order valence-electron chi connectivity index (χ4n) is 1.35. The van der Waals surface area contributed by atoms with Crippen LogP contribution in [0.15, 0.2) is 42.6 Å². The first-order valence-corrected chi connectivity index (χ1v) is 4.99. The average molecular weight is 220 g/mol. The average Bonchev–Trinajstić information content (AvgIpc) is 2.30. The smallest absolute Gasteiger partial charge is 0.0705 e. The number of rotatable bonds is 2. The van der Waals surface area contributed by atoms with Crippen LogP contribution < -0.4 is 0 Å². The molecule has 1 heterocycles. The molecular weight excluding hydrogens is 210 g/mol. The Morgan fingerprint density at radius 2 is 1.87 bits per heavy atom. The van der Waals surface area contributed by atoms with Gasteiger partial charge < -0.3 is 5.11 Å². The van der Waals surface area contributed by atoms with Gasteiger partial charge in [-0.1, -0.05) is 23.7 Å². The SMILES string of the molecule is OCc1ccnc(-c2ccc(Cl)cc2)c1. The fraction of sp³-hybridized carbons (Fsp3) is 0.0833. The summed E-state index contributed by atoms with van der Waals surface area (Å²) in [5, 5.41) is 9.71. The van der Waals surface area contributed by atoms with E-state index in [9.17, 15) is 0 Å². The lowest BCUT2D eigenvalue weighted by Gasteiger charge is -2.02. The summed E-state index contributed by atoms with van der Waals surface area (Å²) in [7, 11) is 0. The zero-order valence-corrected chi connectivity index (χ0v) is 8.78. The van der Waals surface area contributed by atoms with Crippen molar-refractivity contribution in [3.8, 4) is 11.3 Å². The van der Waals surface area contributed by atoms with Crippen LogP contribution in [0.25, 0.3) is 11.3 Å².